The van der Waals surface area contributed by atoms with Crippen molar-refractivity contribution in [3.05, 3.63) is 70.1 Å². The lowest BCUT2D eigenvalue weighted by atomic mass is 10.1. The Kier molecular flexibility index (Phi) is 6.11. The van der Waals surface area contributed by atoms with Gasteiger partial charge in [-0.05, 0) is 24.1 Å². The monoisotopic (exact) mass is 486 g/mol. The van der Waals surface area contributed by atoms with Gasteiger partial charge in [0.15, 0.2) is 17.3 Å². The third-order valence-electron chi connectivity index (χ3n) is 4.35. The summed E-state index contributed by atoms with van der Waals surface area (Å²) in [5, 5.41) is 6.15. The van der Waals surface area contributed by atoms with Crippen LogP contribution in [-0.2, 0) is 12.6 Å². The maximum atomic E-state index is 14.2. The van der Waals surface area contributed by atoms with Crippen molar-refractivity contribution in [2.45, 2.75) is 12.6 Å². The Bertz CT molecular complexity index is 1280. The first kappa shape index (κ1) is 22.2. The summed E-state index contributed by atoms with van der Waals surface area (Å²) >= 11 is 7.56. The average Bonchev–Trinajstić information content (AvgIpc) is 3.12. The van der Waals surface area contributed by atoms with Gasteiger partial charge in [0.25, 0.3) is 0 Å². The molecule has 32 heavy (non-hydrogen) atoms. The maximum absolute atomic E-state index is 14.2. The summed E-state index contributed by atoms with van der Waals surface area (Å²) in [5.41, 5.74) is -1.14. The molecular weight excluding hydrogens is 475 g/mol. The molecule has 3 aromatic heterocycles. The normalized spacial score (nSPS) is 11.7. The molecule has 0 radical (unpaired) electrons. The van der Waals surface area contributed by atoms with E-state index in [9.17, 15) is 22.0 Å². The Balaban J connectivity index is 1.48. The number of fused-ring (bicyclic) bond motifs is 1. The molecule has 5 nitrogen and oxygen atoms in total. The molecule has 0 fully saturated rings. The highest BCUT2D eigenvalue weighted by atomic mass is 35.5. The van der Waals surface area contributed by atoms with E-state index in [0.717, 1.165) is 4.83 Å². The molecule has 1 N–H and O–H groups in total. The Morgan fingerprint density at radius 1 is 1.12 bits per heavy atom. The van der Waals surface area contributed by atoms with Crippen LogP contribution in [0.15, 0.2) is 42.2 Å². The number of pyridine rings is 1. The van der Waals surface area contributed by atoms with E-state index in [4.69, 9.17) is 16.3 Å². The molecule has 166 valence electrons. The van der Waals surface area contributed by atoms with Crippen LogP contribution in [0.5, 0.6) is 11.5 Å². The lowest BCUT2D eigenvalue weighted by Crippen LogP contribution is -2.12. The van der Waals surface area contributed by atoms with E-state index in [1.54, 1.807) is 17.5 Å². The Morgan fingerprint density at radius 2 is 1.94 bits per heavy atom. The molecule has 0 spiro atoms. The number of nitrogens with zero attached hydrogens (tertiary/aromatic N) is 3. The zero-order valence-corrected chi connectivity index (χ0v) is 17.5. The van der Waals surface area contributed by atoms with Gasteiger partial charge in [-0.3, -0.25) is 0 Å². The van der Waals surface area contributed by atoms with Gasteiger partial charge in [-0.25, -0.2) is 23.7 Å². The van der Waals surface area contributed by atoms with Crippen molar-refractivity contribution < 1.29 is 26.7 Å². The van der Waals surface area contributed by atoms with E-state index in [0.29, 0.717) is 34.8 Å². The van der Waals surface area contributed by atoms with E-state index < -0.39 is 29.3 Å². The van der Waals surface area contributed by atoms with Gasteiger partial charge < -0.3 is 10.1 Å². The van der Waals surface area contributed by atoms with Crippen LogP contribution in [-0.4, -0.2) is 21.5 Å². The minimum absolute atomic E-state index is 0.0232. The van der Waals surface area contributed by atoms with Crippen LogP contribution in [0, 0.1) is 11.6 Å². The molecule has 0 aliphatic carbocycles. The third kappa shape index (κ3) is 4.58. The molecule has 0 saturated heterocycles. The van der Waals surface area contributed by atoms with E-state index in [1.807, 2.05) is 0 Å². The number of hydrogen-bond donors (Lipinski definition) is 1. The van der Waals surface area contributed by atoms with E-state index >= 15 is 0 Å². The fourth-order valence-electron chi connectivity index (χ4n) is 2.92. The van der Waals surface area contributed by atoms with E-state index in [-0.39, 0.29) is 11.9 Å². The average molecular weight is 487 g/mol. The molecule has 0 atom stereocenters. The van der Waals surface area contributed by atoms with Gasteiger partial charge in [0.2, 0.25) is 5.75 Å². The minimum Gasteiger partial charge on any atom is -0.451 e. The van der Waals surface area contributed by atoms with E-state index in [2.05, 4.69) is 20.3 Å². The molecule has 0 saturated carbocycles. The van der Waals surface area contributed by atoms with Crippen LogP contribution < -0.4 is 10.1 Å². The summed E-state index contributed by atoms with van der Waals surface area (Å²) in [5.74, 6) is -3.88. The maximum Gasteiger partial charge on any atom is 0.436 e. The number of aromatic nitrogens is 3. The molecule has 1 aromatic carbocycles. The summed E-state index contributed by atoms with van der Waals surface area (Å²) < 4.78 is 71.7. The predicted molar refractivity (Wildman–Crippen MR) is 110 cm³/mol. The fraction of sp³-hybridized carbons (Fsp3) is 0.150. The summed E-state index contributed by atoms with van der Waals surface area (Å²) in [7, 11) is 0. The Hall–Kier alpha value is -3.05. The lowest BCUT2D eigenvalue weighted by Gasteiger charge is -2.13. The van der Waals surface area contributed by atoms with Crippen LogP contribution in [0.2, 0.25) is 5.02 Å². The second kappa shape index (κ2) is 8.83. The molecule has 3 heterocycles. The molecule has 4 rings (SSSR count). The number of hydrogen-bond acceptors (Lipinski definition) is 6. The first-order valence-electron chi connectivity index (χ1n) is 9.03. The molecule has 4 aromatic rings. The number of thiophene rings is 1. The van der Waals surface area contributed by atoms with Gasteiger partial charge in [-0.2, -0.15) is 13.2 Å². The van der Waals surface area contributed by atoms with Crippen LogP contribution in [0.25, 0.3) is 10.2 Å². The van der Waals surface area contributed by atoms with Gasteiger partial charge in [-0.15, -0.1) is 11.3 Å². The first-order chi connectivity index (χ1) is 15.2. The van der Waals surface area contributed by atoms with Crippen molar-refractivity contribution in [2.24, 2.45) is 0 Å². The Labute approximate surface area is 186 Å². The van der Waals surface area contributed by atoms with Gasteiger partial charge in [0.1, 0.15) is 22.7 Å². The minimum atomic E-state index is -5.08. The highest BCUT2D eigenvalue weighted by molar-refractivity contribution is 7.17. The first-order valence-corrected chi connectivity index (χ1v) is 10.3. The molecule has 0 aliphatic rings. The molecular formula is C20H12ClF5N4OS. The summed E-state index contributed by atoms with van der Waals surface area (Å²) in [4.78, 5) is 11.9. The summed E-state index contributed by atoms with van der Waals surface area (Å²) in [6, 6.07) is 6.15. The van der Waals surface area contributed by atoms with Crippen molar-refractivity contribution in [3.63, 3.8) is 0 Å². The van der Waals surface area contributed by atoms with Crippen molar-refractivity contribution in [2.75, 3.05) is 11.9 Å². The van der Waals surface area contributed by atoms with E-state index in [1.165, 1.54) is 29.8 Å². The zero-order valence-electron chi connectivity index (χ0n) is 15.9. The highest BCUT2D eigenvalue weighted by Crippen LogP contribution is 2.36. The van der Waals surface area contributed by atoms with Crippen molar-refractivity contribution in [3.8, 4) is 11.5 Å². The standard InChI is InChI=1S/C20H12ClF5N4OS/c21-12-8-32-19-14(12)18(29-9-30-19)27-5-4-10-2-1-3-11(6-10)31-16-13(22)7-28-17(15(16)23)20(24,25)26/h1-3,6-9H,4-5H2,(H,27,29,30). The SMILES string of the molecule is Fc1cnc(C(F)(F)F)c(F)c1Oc1cccc(CCNc2ncnc3scc(Cl)c23)c1. The number of rotatable bonds is 6. The number of alkyl halides is 3. The number of ether oxygens (including phenoxy) is 1. The highest BCUT2D eigenvalue weighted by Gasteiger charge is 2.38. The van der Waals surface area contributed by atoms with Gasteiger partial charge >= 0.3 is 6.18 Å². The van der Waals surface area contributed by atoms with Crippen molar-refractivity contribution in [1.82, 2.24) is 15.0 Å². The van der Waals surface area contributed by atoms with Crippen LogP contribution in [0.1, 0.15) is 11.3 Å². The van der Waals surface area contributed by atoms with Crippen LogP contribution >= 0.6 is 22.9 Å². The van der Waals surface area contributed by atoms with Crippen LogP contribution in [0.3, 0.4) is 0 Å². The molecule has 0 unspecified atom stereocenters. The van der Waals surface area contributed by atoms with Gasteiger partial charge in [0.05, 0.1) is 16.6 Å². The second-order valence-corrected chi connectivity index (χ2v) is 7.77. The molecule has 0 aliphatic heterocycles. The quantitative estimate of drug-likeness (QED) is 0.316. The molecule has 12 heteroatoms. The largest absolute Gasteiger partial charge is 0.451 e. The topological polar surface area (TPSA) is 59.9 Å². The summed E-state index contributed by atoms with van der Waals surface area (Å²) in [6.07, 6.45) is -2.94. The number of benzene rings is 1. The van der Waals surface area contributed by atoms with Gasteiger partial charge in [0, 0.05) is 11.9 Å². The van der Waals surface area contributed by atoms with Crippen molar-refractivity contribution in [1.29, 1.82) is 0 Å². The van der Waals surface area contributed by atoms with Crippen molar-refractivity contribution >= 4 is 39.0 Å². The predicted octanol–water partition coefficient (Wildman–Crippen LogP) is 6.48. The summed E-state index contributed by atoms with van der Waals surface area (Å²) in [6.45, 7) is 0.429. The third-order valence-corrected chi connectivity index (χ3v) is 5.66. The number of anilines is 1. The lowest BCUT2D eigenvalue weighted by molar-refractivity contribution is -0.143. The fourth-order valence-corrected chi connectivity index (χ4v) is 4.06. The second-order valence-electron chi connectivity index (χ2n) is 6.51. The zero-order chi connectivity index (χ0) is 22.9. The molecule has 0 bridgehead atoms. The Morgan fingerprint density at radius 3 is 2.72 bits per heavy atom. The van der Waals surface area contributed by atoms with Crippen LogP contribution in [0.4, 0.5) is 27.8 Å². The van der Waals surface area contributed by atoms with Gasteiger partial charge in [-0.1, -0.05) is 23.7 Å². The smallest absolute Gasteiger partial charge is 0.436 e. The number of halogens is 6. The molecule has 0 amide bonds. The number of nitrogens with one attached hydrogen (secondary N) is 1.